The summed E-state index contributed by atoms with van der Waals surface area (Å²) in [5.74, 6) is 0.238. The summed E-state index contributed by atoms with van der Waals surface area (Å²) >= 11 is 5.72. The summed E-state index contributed by atoms with van der Waals surface area (Å²) < 4.78 is 0. The Morgan fingerprint density at radius 3 is 2.67 bits per heavy atom. The van der Waals surface area contributed by atoms with Gasteiger partial charge in [-0.3, -0.25) is 0 Å². The first kappa shape index (κ1) is 10.4. The fourth-order valence-corrected chi connectivity index (χ4v) is 1.96. The monoisotopic (exact) mass is 224 g/mol. The number of piperidine rings is 1. The van der Waals surface area contributed by atoms with Crippen molar-refractivity contribution in [3.63, 3.8) is 0 Å². The Hall–Kier alpha value is -1.09. The molecule has 1 fully saturated rings. The van der Waals surface area contributed by atoms with Crippen LogP contribution in [0.25, 0.3) is 0 Å². The number of pyridine rings is 1. The summed E-state index contributed by atoms with van der Waals surface area (Å²) in [7, 11) is 0. The van der Waals surface area contributed by atoms with Crippen molar-refractivity contribution >= 4 is 23.6 Å². The fraction of sp³-hybridized carbons (Fsp3) is 0.455. The number of anilines is 1. The van der Waals surface area contributed by atoms with Crippen molar-refractivity contribution in [2.45, 2.75) is 12.8 Å². The van der Waals surface area contributed by atoms with Gasteiger partial charge in [0.15, 0.2) is 0 Å². The maximum atomic E-state index is 10.6. The molecule has 4 heteroatoms. The van der Waals surface area contributed by atoms with E-state index in [0.717, 1.165) is 37.9 Å². The van der Waals surface area contributed by atoms with Crippen LogP contribution in [-0.4, -0.2) is 24.4 Å². The summed E-state index contributed by atoms with van der Waals surface area (Å²) in [4.78, 5) is 16.9. The average molecular weight is 225 g/mol. The van der Waals surface area contributed by atoms with Crippen molar-refractivity contribution in [1.29, 1.82) is 0 Å². The topological polar surface area (TPSA) is 33.2 Å². The van der Waals surface area contributed by atoms with E-state index in [1.807, 2.05) is 6.07 Å². The van der Waals surface area contributed by atoms with E-state index in [1.54, 1.807) is 12.3 Å². The Bertz CT molecular complexity index is 331. The molecule has 0 N–H and O–H groups in total. The van der Waals surface area contributed by atoms with Gasteiger partial charge in [-0.2, -0.15) is 0 Å². The number of nitrogens with zero attached hydrogens (tertiary/aromatic N) is 2. The smallest absolute Gasteiger partial charge is 0.129 e. The predicted molar refractivity (Wildman–Crippen MR) is 60.2 cm³/mol. The molecular weight excluding hydrogens is 212 g/mol. The third kappa shape index (κ3) is 2.48. The van der Waals surface area contributed by atoms with E-state index < -0.39 is 0 Å². The highest BCUT2D eigenvalue weighted by atomic mass is 35.5. The number of aldehydes is 1. The molecule has 0 radical (unpaired) electrons. The van der Waals surface area contributed by atoms with Gasteiger partial charge in [-0.05, 0) is 25.0 Å². The molecule has 2 rings (SSSR count). The lowest BCUT2D eigenvalue weighted by molar-refractivity contribution is -0.111. The molecule has 1 aliphatic heterocycles. The van der Waals surface area contributed by atoms with Crippen LogP contribution in [0.2, 0.25) is 5.15 Å². The maximum Gasteiger partial charge on any atom is 0.129 e. The van der Waals surface area contributed by atoms with Gasteiger partial charge in [-0.15, -0.1) is 0 Å². The van der Waals surface area contributed by atoms with Crippen LogP contribution >= 0.6 is 11.6 Å². The summed E-state index contributed by atoms with van der Waals surface area (Å²) in [5.41, 5.74) is 1.09. The molecule has 15 heavy (non-hydrogen) atoms. The SMILES string of the molecule is O=CC1CCN(c2ccc(Cl)nc2)CC1. The van der Waals surface area contributed by atoms with Crippen LogP contribution in [0.5, 0.6) is 0 Å². The van der Waals surface area contributed by atoms with Gasteiger partial charge in [0, 0.05) is 19.0 Å². The van der Waals surface area contributed by atoms with Crippen LogP contribution in [-0.2, 0) is 4.79 Å². The summed E-state index contributed by atoms with van der Waals surface area (Å²) in [6, 6.07) is 3.76. The maximum absolute atomic E-state index is 10.6. The van der Waals surface area contributed by atoms with Crippen LogP contribution in [0.4, 0.5) is 5.69 Å². The number of halogens is 1. The lowest BCUT2D eigenvalue weighted by atomic mass is 9.98. The molecule has 0 saturated carbocycles. The van der Waals surface area contributed by atoms with Gasteiger partial charge in [0.05, 0.1) is 11.9 Å². The van der Waals surface area contributed by atoms with Crippen LogP contribution in [0.3, 0.4) is 0 Å². The van der Waals surface area contributed by atoms with Crippen molar-refractivity contribution in [2.75, 3.05) is 18.0 Å². The number of carbonyl (C=O) groups is 1. The minimum absolute atomic E-state index is 0.238. The van der Waals surface area contributed by atoms with Gasteiger partial charge < -0.3 is 9.69 Å². The second kappa shape index (κ2) is 4.62. The first-order chi connectivity index (χ1) is 7.29. The van der Waals surface area contributed by atoms with Gasteiger partial charge in [0.25, 0.3) is 0 Å². The zero-order valence-electron chi connectivity index (χ0n) is 8.40. The predicted octanol–water partition coefficient (Wildman–Crippen LogP) is 2.15. The van der Waals surface area contributed by atoms with Crippen molar-refractivity contribution in [1.82, 2.24) is 4.98 Å². The van der Waals surface area contributed by atoms with E-state index in [1.165, 1.54) is 0 Å². The molecule has 1 aromatic heterocycles. The first-order valence-corrected chi connectivity index (χ1v) is 5.49. The number of carbonyl (C=O) groups excluding carboxylic acids is 1. The Balaban J connectivity index is 2.01. The van der Waals surface area contributed by atoms with E-state index >= 15 is 0 Å². The van der Waals surface area contributed by atoms with Crippen LogP contribution < -0.4 is 4.90 Å². The molecule has 3 nitrogen and oxygen atoms in total. The summed E-state index contributed by atoms with van der Waals surface area (Å²) in [5, 5.41) is 0.515. The highest BCUT2D eigenvalue weighted by molar-refractivity contribution is 6.29. The van der Waals surface area contributed by atoms with Crippen molar-refractivity contribution in [3.8, 4) is 0 Å². The molecule has 0 aliphatic carbocycles. The average Bonchev–Trinajstić information content (AvgIpc) is 2.30. The van der Waals surface area contributed by atoms with Crippen molar-refractivity contribution in [3.05, 3.63) is 23.5 Å². The van der Waals surface area contributed by atoms with Crippen LogP contribution in [0, 0.1) is 5.92 Å². The first-order valence-electron chi connectivity index (χ1n) is 5.11. The number of rotatable bonds is 2. The Morgan fingerprint density at radius 2 is 2.13 bits per heavy atom. The molecule has 80 valence electrons. The molecule has 2 heterocycles. The highest BCUT2D eigenvalue weighted by Crippen LogP contribution is 2.22. The zero-order valence-corrected chi connectivity index (χ0v) is 9.15. The molecule has 1 aliphatic rings. The van der Waals surface area contributed by atoms with Crippen LogP contribution in [0.1, 0.15) is 12.8 Å². The molecule has 0 spiro atoms. The lowest BCUT2D eigenvalue weighted by Gasteiger charge is -2.31. The van der Waals surface area contributed by atoms with Gasteiger partial charge in [0.2, 0.25) is 0 Å². The fourth-order valence-electron chi connectivity index (χ4n) is 1.85. The number of hydrogen-bond donors (Lipinski definition) is 0. The molecular formula is C11H13ClN2O. The van der Waals surface area contributed by atoms with Crippen LogP contribution in [0.15, 0.2) is 18.3 Å². The van der Waals surface area contributed by atoms with Gasteiger partial charge in [-0.1, -0.05) is 11.6 Å². The number of aromatic nitrogens is 1. The molecule has 0 aromatic carbocycles. The third-order valence-electron chi connectivity index (χ3n) is 2.81. The van der Waals surface area contributed by atoms with Crippen molar-refractivity contribution in [2.24, 2.45) is 5.92 Å². The summed E-state index contributed by atoms with van der Waals surface area (Å²) in [6.07, 6.45) is 4.72. The highest BCUT2D eigenvalue weighted by Gasteiger charge is 2.18. The zero-order chi connectivity index (χ0) is 10.7. The molecule has 1 saturated heterocycles. The lowest BCUT2D eigenvalue weighted by Crippen LogP contribution is -2.34. The third-order valence-corrected chi connectivity index (χ3v) is 3.03. The Kier molecular flexibility index (Phi) is 3.21. The van der Waals surface area contributed by atoms with E-state index in [-0.39, 0.29) is 5.92 Å². The summed E-state index contributed by atoms with van der Waals surface area (Å²) in [6.45, 7) is 1.85. The molecule has 0 amide bonds. The van der Waals surface area contributed by atoms with E-state index in [0.29, 0.717) is 5.15 Å². The minimum atomic E-state index is 0.238. The van der Waals surface area contributed by atoms with E-state index in [2.05, 4.69) is 9.88 Å². The Morgan fingerprint density at radius 1 is 1.40 bits per heavy atom. The van der Waals surface area contributed by atoms with E-state index in [4.69, 9.17) is 11.6 Å². The molecule has 0 bridgehead atoms. The standard InChI is InChI=1S/C11H13ClN2O/c12-11-2-1-10(7-13-11)14-5-3-9(8-15)4-6-14/h1-2,7-9H,3-6H2. The minimum Gasteiger partial charge on any atom is -0.370 e. The second-order valence-electron chi connectivity index (χ2n) is 3.80. The quantitative estimate of drug-likeness (QED) is 0.570. The Labute approximate surface area is 94.1 Å². The van der Waals surface area contributed by atoms with Gasteiger partial charge >= 0.3 is 0 Å². The molecule has 1 aromatic rings. The van der Waals surface area contributed by atoms with Crippen molar-refractivity contribution < 1.29 is 4.79 Å². The number of hydrogen-bond acceptors (Lipinski definition) is 3. The normalized spacial score (nSPS) is 17.8. The van der Waals surface area contributed by atoms with Gasteiger partial charge in [0.1, 0.15) is 11.4 Å². The second-order valence-corrected chi connectivity index (χ2v) is 4.19. The van der Waals surface area contributed by atoms with E-state index in [9.17, 15) is 4.79 Å². The van der Waals surface area contributed by atoms with Gasteiger partial charge in [-0.25, -0.2) is 4.98 Å². The molecule has 0 unspecified atom stereocenters. The largest absolute Gasteiger partial charge is 0.370 e. The molecule has 0 atom stereocenters.